The van der Waals surface area contributed by atoms with Gasteiger partial charge >= 0.3 is 0 Å². The monoisotopic (exact) mass is 369 g/mol. The number of likely N-dealkylation sites (tertiary alicyclic amines) is 1. The summed E-state index contributed by atoms with van der Waals surface area (Å²) in [4.78, 5) is 18.8. The van der Waals surface area contributed by atoms with Crippen molar-refractivity contribution >= 4 is 28.5 Å². The van der Waals surface area contributed by atoms with Crippen LogP contribution in [0.3, 0.4) is 0 Å². The molecule has 1 saturated heterocycles. The van der Waals surface area contributed by atoms with E-state index in [1.807, 2.05) is 39.8 Å². The molecule has 1 fully saturated rings. The fourth-order valence-electron chi connectivity index (χ4n) is 3.47. The molecule has 2 heterocycles. The van der Waals surface area contributed by atoms with Crippen LogP contribution in [0.2, 0.25) is 5.02 Å². The molecule has 0 aliphatic carbocycles. The molecule has 6 heteroatoms. The Labute approximate surface area is 157 Å². The number of rotatable bonds is 4. The average molecular weight is 370 g/mol. The number of carbonyl (C=O) groups is 1. The van der Waals surface area contributed by atoms with Crippen molar-refractivity contribution in [2.75, 3.05) is 20.2 Å². The van der Waals surface area contributed by atoms with Crippen LogP contribution in [0.15, 0.2) is 42.7 Å². The first-order chi connectivity index (χ1) is 12.7. The lowest BCUT2D eigenvalue weighted by Gasteiger charge is -2.15. The second-order valence-corrected chi connectivity index (χ2v) is 6.94. The van der Waals surface area contributed by atoms with E-state index in [1.165, 1.54) is 0 Å². The largest absolute Gasteiger partial charge is 0.496 e. The van der Waals surface area contributed by atoms with E-state index >= 15 is 0 Å². The molecule has 3 aromatic rings. The van der Waals surface area contributed by atoms with Crippen LogP contribution in [0.5, 0.6) is 5.75 Å². The molecular formula is C20H20ClN3O2. The lowest BCUT2D eigenvalue weighted by Crippen LogP contribution is -2.30. The number of methoxy groups -OCH3 is 1. The quantitative estimate of drug-likeness (QED) is 0.698. The summed E-state index contributed by atoms with van der Waals surface area (Å²) < 4.78 is 7.36. The van der Waals surface area contributed by atoms with Crippen LogP contribution in [-0.2, 0) is 11.3 Å². The topological polar surface area (TPSA) is 47.4 Å². The number of halogens is 1. The number of hydrogen-bond acceptors (Lipinski definition) is 3. The van der Waals surface area contributed by atoms with Gasteiger partial charge in [0.1, 0.15) is 12.3 Å². The first kappa shape index (κ1) is 16.9. The molecule has 0 spiro atoms. The van der Waals surface area contributed by atoms with Gasteiger partial charge in [0, 0.05) is 23.7 Å². The first-order valence-electron chi connectivity index (χ1n) is 8.72. The van der Waals surface area contributed by atoms with Crippen molar-refractivity contribution in [2.24, 2.45) is 0 Å². The third kappa shape index (κ3) is 3.15. The van der Waals surface area contributed by atoms with Crippen molar-refractivity contribution in [2.45, 2.75) is 19.4 Å². The smallest absolute Gasteiger partial charge is 0.242 e. The Morgan fingerprint density at radius 1 is 1.19 bits per heavy atom. The maximum Gasteiger partial charge on any atom is 0.242 e. The Morgan fingerprint density at radius 3 is 2.77 bits per heavy atom. The predicted octanol–water partition coefficient (Wildman–Crippen LogP) is 3.99. The van der Waals surface area contributed by atoms with E-state index in [4.69, 9.17) is 16.3 Å². The maximum absolute atomic E-state index is 12.4. The van der Waals surface area contributed by atoms with Gasteiger partial charge in [0.15, 0.2) is 0 Å². The molecule has 1 aliphatic rings. The van der Waals surface area contributed by atoms with Gasteiger partial charge in [-0.1, -0.05) is 17.7 Å². The zero-order chi connectivity index (χ0) is 18.1. The minimum absolute atomic E-state index is 0.158. The third-order valence-corrected chi connectivity index (χ3v) is 5.10. The minimum Gasteiger partial charge on any atom is -0.496 e. The Morgan fingerprint density at radius 2 is 2.00 bits per heavy atom. The molecular weight excluding hydrogens is 350 g/mol. The zero-order valence-corrected chi connectivity index (χ0v) is 15.4. The zero-order valence-electron chi connectivity index (χ0n) is 14.6. The number of benzene rings is 2. The summed E-state index contributed by atoms with van der Waals surface area (Å²) in [5.74, 6) is 0.880. The van der Waals surface area contributed by atoms with Crippen molar-refractivity contribution in [1.29, 1.82) is 0 Å². The summed E-state index contributed by atoms with van der Waals surface area (Å²) in [6, 6.07) is 11.6. The SMILES string of the molecule is COc1cc(Cl)ccc1-c1ccc2c(c1)ncn2CC(=O)N1CCCC1. The number of carbonyl (C=O) groups excluding carboxylic acids is 1. The summed E-state index contributed by atoms with van der Waals surface area (Å²) in [6.45, 7) is 2.07. The number of aromatic nitrogens is 2. The average Bonchev–Trinajstić information content (AvgIpc) is 3.31. The molecule has 0 atom stereocenters. The number of fused-ring (bicyclic) bond motifs is 1. The molecule has 1 amide bonds. The summed E-state index contributed by atoms with van der Waals surface area (Å²) in [7, 11) is 1.63. The van der Waals surface area contributed by atoms with Crippen LogP contribution in [0, 0.1) is 0 Å². The fraction of sp³-hybridized carbons (Fsp3) is 0.300. The third-order valence-electron chi connectivity index (χ3n) is 4.86. The van der Waals surface area contributed by atoms with E-state index < -0.39 is 0 Å². The fourth-order valence-corrected chi connectivity index (χ4v) is 3.64. The lowest BCUT2D eigenvalue weighted by molar-refractivity contribution is -0.130. The molecule has 26 heavy (non-hydrogen) atoms. The first-order valence-corrected chi connectivity index (χ1v) is 9.10. The van der Waals surface area contributed by atoms with Crippen molar-refractivity contribution in [3.05, 3.63) is 47.7 Å². The van der Waals surface area contributed by atoms with Gasteiger partial charge in [-0.05, 0) is 48.7 Å². The van der Waals surface area contributed by atoms with E-state index in [0.29, 0.717) is 11.6 Å². The summed E-state index contributed by atoms with van der Waals surface area (Å²) in [5, 5.41) is 0.636. The van der Waals surface area contributed by atoms with Gasteiger partial charge in [-0.3, -0.25) is 4.79 Å². The highest BCUT2D eigenvalue weighted by atomic mass is 35.5. The van der Waals surface area contributed by atoms with Gasteiger partial charge in [-0.15, -0.1) is 0 Å². The van der Waals surface area contributed by atoms with Crippen LogP contribution in [-0.4, -0.2) is 40.6 Å². The number of hydrogen-bond donors (Lipinski definition) is 0. The molecule has 1 aliphatic heterocycles. The highest BCUT2D eigenvalue weighted by Gasteiger charge is 2.19. The van der Waals surface area contributed by atoms with E-state index in [-0.39, 0.29) is 5.91 Å². The van der Waals surface area contributed by atoms with E-state index in [2.05, 4.69) is 4.98 Å². The summed E-state index contributed by atoms with van der Waals surface area (Å²) in [5.41, 5.74) is 3.77. The second-order valence-electron chi connectivity index (χ2n) is 6.51. The van der Waals surface area contributed by atoms with Gasteiger partial charge in [0.25, 0.3) is 0 Å². The molecule has 1 aromatic heterocycles. The van der Waals surface area contributed by atoms with Crippen molar-refractivity contribution < 1.29 is 9.53 Å². The molecule has 0 radical (unpaired) electrons. The molecule has 0 N–H and O–H groups in total. The number of ether oxygens (including phenoxy) is 1. The lowest BCUT2D eigenvalue weighted by atomic mass is 10.0. The summed E-state index contributed by atoms with van der Waals surface area (Å²) in [6.07, 6.45) is 3.94. The van der Waals surface area contributed by atoms with Crippen LogP contribution < -0.4 is 4.74 Å². The Hall–Kier alpha value is -2.53. The van der Waals surface area contributed by atoms with Crippen molar-refractivity contribution in [3.63, 3.8) is 0 Å². The Bertz CT molecular complexity index is 961. The van der Waals surface area contributed by atoms with Gasteiger partial charge < -0.3 is 14.2 Å². The minimum atomic E-state index is 0.158. The van der Waals surface area contributed by atoms with Crippen molar-refractivity contribution in [3.8, 4) is 16.9 Å². The normalized spacial score (nSPS) is 14.2. The van der Waals surface area contributed by atoms with Gasteiger partial charge in [-0.2, -0.15) is 0 Å². The molecule has 0 unspecified atom stereocenters. The highest BCUT2D eigenvalue weighted by molar-refractivity contribution is 6.30. The molecule has 4 rings (SSSR count). The van der Waals surface area contributed by atoms with Gasteiger partial charge in [-0.25, -0.2) is 4.98 Å². The van der Waals surface area contributed by atoms with E-state index in [1.54, 1.807) is 19.5 Å². The number of amides is 1. The highest BCUT2D eigenvalue weighted by Crippen LogP contribution is 2.33. The molecule has 134 valence electrons. The van der Waals surface area contributed by atoms with Gasteiger partial charge in [0.2, 0.25) is 5.91 Å². The van der Waals surface area contributed by atoms with Crippen LogP contribution in [0.1, 0.15) is 12.8 Å². The van der Waals surface area contributed by atoms with E-state index in [0.717, 1.165) is 53.8 Å². The number of nitrogens with zero attached hydrogens (tertiary/aromatic N) is 3. The van der Waals surface area contributed by atoms with Crippen LogP contribution >= 0.6 is 11.6 Å². The van der Waals surface area contributed by atoms with Crippen molar-refractivity contribution in [1.82, 2.24) is 14.5 Å². The van der Waals surface area contributed by atoms with Crippen LogP contribution in [0.25, 0.3) is 22.2 Å². The van der Waals surface area contributed by atoms with Gasteiger partial charge in [0.05, 0.1) is 24.5 Å². The molecule has 0 bridgehead atoms. The Balaban J connectivity index is 1.64. The Kier molecular flexibility index (Phi) is 4.55. The maximum atomic E-state index is 12.4. The predicted molar refractivity (Wildman–Crippen MR) is 103 cm³/mol. The molecule has 5 nitrogen and oxygen atoms in total. The standard InChI is InChI=1S/C20H20ClN3O2/c1-26-19-11-15(21)5-6-16(19)14-4-7-18-17(10-14)22-13-24(18)12-20(25)23-8-2-3-9-23/h4-7,10-11,13H,2-3,8-9,12H2,1H3. The second kappa shape index (κ2) is 7.00. The molecule has 0 saturated carbocycles. The summed E-state index contributed by atoms with van der Waals surface area (Å²) >= 11 is 6.05. The van der Waals surface area contributed by atoms with Crippen LogP contribution in [0.4, 0.5) is 0 Å². The molecule has 2 aromatic carbocycles. The number of imidazole rings is 1. The van der Waals surface area contributed by atoms with E-state index in [9.17, 15) is 4.79 Å².